The van der Waals surface area contributed by atoms with Crippen molar-refractivity contribution in [3.8, 4) is 0 Å². The Labute approximate surface area is 108 Å². The number of nitrogens with one attached hydrogen (secondary N) is 2. The van der Waals surface area contributed by atoms with Gasteiger partial charge in [-0.05, 0) is 12.3 Å². The fourth-order valence-corrected chi connectivity index (χ4v) is 2.40. The van der Waals surface area contributed by atoms with E-state index in [0.717, 1.165) is 22.5 Å². The van der Waals surface area contributed by atoms with Crippen molar-refractivity contribution in [3.63, 3.8) is 0 Å². The summed E-state index contributed by atoms with van der Waals surface area (Å²) in [5.74, 6) is 0.899. The van der Waals surface area contributed by atoms with Gasteiger partial charge in [-0.15, -0.1) is 0 Å². The molecule has 3 N–H and O–H groups in total. The molecule has 1 atom stereocenters. The Morgan fingerprint density at radius 3 is 3.00 bits per heavy atom. The van der Waals surface area contributed by atoms with Gasteiger partial charge in [0.2, 0.25) is 5.95 Å². The molecule has 0 aliphatic carbocycles. The molecule has 98 valence electrons. The molecule has 2 rings (SSSR count). The second-order valence-corrected chi connectivity index (χ2v) is 5.59. The number of aromatic nitrogens is 3. The summed E-state index contributed by atoms with van der Waals surface area (Å²) in [5.41, 5.74) is 0.531. The first-order chi connectivity index (χ1) is 8.58. The van der Waals surface area contributed by atoms with Crippen LogP contribution in [0.2, 0.25) is 0 Å². The van der Waals surface area contributed by atoms with Gasteiger partial charge < -0.3 is 10.4 Å². The Morgan fingerprint density at radius 2 is 2.33 bits per heavy atom. The Kier molecular flexibility index (Phi) is 3.93. The van der Waals surface area contributed by atoms with E-state index >= 15 is 0 Å². The van der Waals surface area contributed by atoms with E-state index in [9.17, 15) is 9.90 Å². The van der Waals surface area contributed by atoms with Crippen LogP contribution in [0.5, 0.6) is 0 Å². The van der Waals surface area contributed by atoms with E-state index < -0.39 is 0 Å². The first-order valence-corrected chi connectivity index (χ1v) is 6.63. The molecular weight excluding hydrogens is 252 g/mol. The number of thiazole rings is 1. The molecule has 0 saturated heterocycles. The summed E-state index contributed by atoms with van der Waals surface area (Å²) < 4.78 is 0.731. The average Bonchev–Trinajstić information content (AvgIpc) is 2.67. The monoisotopic (exact) mass is 268 g/mol. The topological polar surface area (TPSA) is 90.9 Å². The highest BCUT2D eigenvalue weighted by atomic mass is 32.1. The smallest absolute Gasteiger partial charge is 0.306 e. The molecule has 2 aromatic heterocycles. The fourth-order valence-electron chi connectivity index (χ4n) is 1.76. The normalized spacial score (nSPS) is 13.1. The van der Waals surface area contributed by atoms with Crippen molar-refractivity contribution >= 4 is 27.6 Å². The zero-order valence-electron chi connectivity index (χ0n) is 10.3. The van der Waals surface area contributed by atoms with E-state index in [2.05, 4.69) is 34.1 Å². The molecule has 0 spiro atoms. The van der Waals surface area contributed by atoms with E-state index in [0.29, 0.717) is 17.5 Å². The molecule has 0 radical (unpaired) electrons. The molecule has 0 saturated carbocycles. The summed E-state index contributed by atoms with van der Waals surface area (Å²) in [6, 6.07) is -0.0761. The summed E-state index contributed by atoms with van der Waals surface area (Å²) in [5, 5.41) is 12.4. The predicted molar refractivity (Wildman–Crippen MR) is 72.0 cm³/mol. The van der Waals surface area contributed by atoms with Gasteiger partial charge in [0, 0.05) is 0 Å². The number of nitrogens with zero attached hydrogens (tertiary/aromatic N) is 2. The van der Waals surface area contributed by atoms with Crippen molar-refractivity contribution in [1.82, 2.24) is 15.0 Å². The minimum Gasteiger partial charge on any atom is -0.394 e. The molecule has 18 heavy (non-hydrogen) atoms. The SMILES string of the molecule is CC(C)C[C@H](CO)Nc1ncc2sc(=O)[nH]c2n1. The largest absolute Gasteiger partial charge is 0.394 e. The number of hydrogen-bond donors (Lipinski definition) is 3. The Hall–Kier alpha value is -1.47. The molecule has 0 bridgehead atoms. The number of H-pyrrole nitrogens is 1. The van der Waals surface area contributed by atoms with Gasteiger partial charge in [0.25, 0.3) is 0 Å². The van der Waals surface area contributed by atoms with Gasteiger partial charge in [-0.25, -0.2) is 4.98 Å². The summed E-state index contributed by atoms with van der Waals surface area (Å²) in [7, 11) is 0. The van der Waals surface area contributed by atoms with Crippen LogP contribution in [-0.2, 0) is 0 Å². The van der Waals surface area contributed by atoms with Crippen molar-refractivity contribution < 1.29 is 5.11 Å². The van der Waals surface area contributed by atoms with E-state index in [1.54, 1.807) is 6.20 Å². The van der Waals surface area contributed by atoms with Gasteiger partial charge in [-0.1, -0.05) is 25.2 Å². The van der Waals surface area contributed by atoms with E-state index in [-0.39, 0.29) is 17.5 Å². The summed E-state index contributed by atoms with van der Waals surface area (Å²) in [6.07, 6.45) is 2.44. The third-order valence-corrected chi connectivity index (χ3v) is 3.29. The van der Waals surface area contributed by atoms with Crippen molar-refractivity contribution in [2.24, 2.45) is 5.92 Å². The molecule has 6 nitrogen and oxygen atoms in total. The van der Waals surface area contributed by atoms with Gasteiger partial charge in [0.15, 0.2) is 5.65 Å². The number of anilines is 1. The third kappa shape index (κ3) is 3.05. The zero-order valence-corrected chi connectivity index (χ0v) is 11.1. The lowest BCUT2D eigenvalue weighted by Crippen LogP contribution is -2.26. The number of aliphatic hydroxyl groups excluding tert-OH is 1. The molecular formula is C11H16N4O2S. The molecule has 0 aliphatic rings. The number of rotatable bonds is 5. The molecule has 0 amide bonds. The lowest BCUT2D eigenvalue weighted by atomic mass is 10.0. The molecule has 7 heteroatoms. The quantitative estimate of drug-likeness (QED) is 0.758. The van der Waals surface area contributed by atoms with Crippen LogP contribution in [0.15, 0.2) is 11.0 Å². The average molecular weight is 268 g/mol. The van der Waals surface area contributed by atoms with Crippen LogP contribution in [0.25, 0.3) is 10.3 Å². The maximum Gasteiger partial charge on any atom is 0.306 e. The minimum atomic E-state index is -0.141. The number of fused-ring (bicyclic) bond motifs is 1. The van der Waals surface area contributed by atoms with Crippen LogP contribution in [0, 0.1) is 5.92 Å². The molecule has 0 aliphatic heterocycles. The highest BCUT2D eigenvalue weighted by Crippen LogP contribution is 2.14. The highest BCUT2D eigenvalue weighted by Gasteiger charge is 2.12. The van der Waals surface area contributed by atoms with Crippen LogP contribution in [0.3, 0.4) is 0 Å². The fraction of sp³-hybridized carbons (Fsp3) is 0.545. The van der Waals surface area contributed by atoms with Crippen molar-refractivity contribution in [2.75, 3.05) is 11.9 Å². The summed E-state index contributed by atoms with van der Waals surface area (Å²) in [6.45, 7) is 4.20. The number of aromatic amines is 1. The first-order valence-electron chi connectivity index (χ1n) is 5.81. The number of hydrogen-bond acceptors (Lipinski definition) is 6. The first kappa shape index (κ1) is 13.0. The maximum atomic E-state index is 11.2. The van der Waals surface area contributed by atoms with E-state index in [4.69, 9.17) is 0 Å². The van der Waals surface area contributed by atoms with Crippen LogP contribution in [0.1, 0.15) is 20.3 Å². The van der Waals surface area contributed by atoms with Crippen LogP contribution >= 0.6 is 11.3 Å². The highest BCUT2D eigenvalue weighted by molar-refractivity contribution is 7.16. The lowest BCUT2D eigenvalue weighted by Gasteiger charge is -2.17. The summed E-state index contributed by atoms with van der Waals surface area (Å²) in [4.78, 5) is 22.0. The second kappa shape index (κ2) is 5.45. The van der Waals surface area contributed by atoms with Crippen molar-refractivity contribution in [1.29, 1.82) is 0 Å². The Bertz CT molecular complexity index is 578. The second-order valence-electron chi connectivity index (χ2n) is 4.57. The number of aliphatic hydroxyl groups is 1. The molecule has 0 aromatic carbocycles. The standard InChI is InChI=1S/C11H16N4O2S/c1-6(2)3-7(5-16)13-10-12-4-8-9(14-10)15-11(17)18-8/h4,6-7,16H,3,5H2,1-2H3,(H2,12,13,14,15,17)/t7-/m1/s1. The Balaban J connectivity index is 2.17. The minimum absolute atomic E-state index is 0.0275. The van der Waals surface area contributed by atoms with Gasteiger partial charge >= 0.3 is 4.87 Å². The van der Waals surface area contributed by atoms with Gasteiger partial charge in [0.1, 0.15) is 0 Å². The van der Waals surface area contributed by atoms with Crippen LogP contribution in [-0.4, -0.2) is 32.7 Å². The van der Waals surface area contributed by atoms with E-state index in [1.165, 1.54) is 0 Å². The van der Waals surface area contributed by atoms with Crippen molar-refractivity contribution in [2.45, 2.75) is 26.3 Å². The predicted octanol–water partition coefficient (Wildman–Crippen LogP) is 1.20. The lowest BCUT2D eigenvalue weighted by molar-refractivity contribution is 0.259. The maximum absolute atomic E-state index is 11.2. The van der Waals surface area contributed by atoms with Gasteiger partial charge in [-0.2, -0.15) is 4.98 Å². The van der Waals surface area contributed by atoms with E-state index in [1.807, 2.05) is 0 Å². The zero-order chi connectivity index (χ0) is 13.1. The Morgan fingerprint density at radius 1 is 1.56 bits per heavy atom. The third-order valence-electron chi connectivity index (χ3n) is 2.49. The summed E-state index contributed by atoms with van der Waals surface area (Å²) >= 11 is 1.08. The molecule has 0 fully saturated rings. The van der Waals surface area contributed by atoms with Crippen LogP contribution < -0.4 is 10.2 Å². The van der Waals surface area contributed by atoms with Crippen LogP contribution in [0.4, 0.5) is 5.95 Å². The molecule has 2 heterocycles. The molecule has 2 aromatic rings. The van der Waals surface area contributed by atoms with Gasteiger partial charge in [-0.3, -0.25) is 9.78 Å². The van der Waals surface area contributed by atoms with Gasteiger partial charge in [0.05, 0.1) is 23.5 Å². The molecule has 0 unspecified atom stereocenters. The van der Waals surface area contributed by atoms with Crippen molar-refractivity contribution in [3.05, 3.63) is 15.9 Å².